The summed E-state index contributed by atoms with van der Waals surface area (Å²) in [7, 11) is 3.19. The van der Waals surface area contributed by atoms with Crippen molar-refractivity contribution in [1.82, 2.24) is 15.3 Å². The van der Waals surface area contributed by atoms with Crippen molar-refractivity contribution in [2.75, 3.05) is 37.5 Å². The van der Waals surface area contributed by atoms with Crippen LogP contribution in [0.2, 0.25) is 10.0 Å². The van der Waals surface area contributed by atoms with Crippen LogP contribution in [0.25, 0.3) is 0 Å². The van der Waals surface area contributed by atoms with Crippen LogP contribution in [0.5, 0.6) is 5.75 Å². The van der Waals surface area contributed by atoms with Gasteiger partial charge in [-0.2, -0.15) is 0 Å². The number of nitrogens with zero attached hydrogens (tertiary/aromatic N) is 3. The summed E-state index contributed by atoms with van der Waals surface area (Å²) in [5.41, 5.74) is 4.90. The van der Waals surface area contributed by atoms with Crippen LogP contribution in [0, 0.1) is 0 Å². The van der Waals surface area contributed by atoms with Crippen LogP contribution in [0.1, 0.15) is 53.6 Å². The molecule has 4 rings (SSSR count). The first-order valence-corrected chi connectivity index (χ1v) is 14.4. The number of carbonyl (C=O) groups is 2. The molecule has 0 atom stereocenters. The fourth-order valence-electron chi connectivity index (χ4n) is 5.00. The van der Waals surface area contributed by atoms with Crippen LogP contribution in [0.3, 0.4) is 0 Å². The number of benzene rings is 2. The summed E-state index contributed by atoms with van der Waals surface area (Å²) in [6.07, 6.45) is 5.88. The van der Waals surface area contributed by atoms with E-state index in [1.54, 1.807) is 19.2 Å². The number of hydrogen-bond acceptors (Lipinski definition) is 6. The molecule has 2 N–H and O–H groups in total. The number of amides is 2. The fraction of sp³-hybridized carbons (Fsp3) is 0.355. The highest BCUT2D eigenvalue weighted by molar-refractivity contribution is 6.37. The van der Waals surface area contributed by atoms with E-state index in [-0.39, 0.29) is 18.2 Å². The summed E-state index contributed by atoms with van der Waals surface area (Å²) in [6.45, 7) is 7.52. The molecular weight excluding hydrogens is 561 g/mol. The molecule has 2 aromatic carbocycles. The van der Waals surface area contributed by atoms with Gasteiger partial charge < -0.3 is 15.4 Å². The molecular formula is C31H35Cl2N5O3. The summed E-state index contributed by atoms with van der Waals surface area (Å²) >= 11 is 13.1. The van der Waals surface area contributed by atoms with Crippen molar-refractivity contribution in [3.8, 4) is 5.75 Å². The number of likely N-dealkylation sites (N-methyl/N-ethyl adjacent to an activating group) is 1. The largest absolute Gasteiger partial charge is 0.495 e. The minimum atomic E-state index is -0.275. The summed E-state index contributed by atoms with van der Waals surface area (Å²) in [4.78, 5) is 35.8. The molecule has 41 heavy (non-hydrogen) atoms. The Morgan fingerprint density at radius 2 is 1.90 bits per heavy atom. The van der Waals surface area contributed by atoms with Crippen LogP contribution in [-0.4, -0.2) is 49.0 Å². The molecule has 1 saturated heterocycles. The van der Waals surface area contributed by atoms with Gasteiger partial charge in [0.2, 0.25) is 11.8 Å². The number of anilines is 2. The number of aromatic nitrogens is 2. The summed E-state index contributed by atoms with van der Waals surface area (Å²) < 4.78 is 5.39. The highest BCUT2D eigenvalue weighted by Crippen LogP contribution is 2.37. The van der Waals surface area contributed by atoms with Gasteiger partial charge in [0.15, 0.2) is 0 Å². The van der Waals surface area contributed by atoms with Gasteiger partial charge in [-0.3, -0.25) is 14.5 Å². The van der Waals surface area contributed by atoms with Gasteiger partial charge in [-0.1, -0.05) is 48.8 Å². The number of hydrogen-bond donors (Lipinski definition) is 2. The number of aryl methyl sites for hydroxylation is 1. The van der Waals surface area contributed by atoms with E-state index in [0.29, 0.717) is 51.6 Å². The smallest absolute Gasteiger partial charge is 0.247 e. The Kier molecular flexibility index (Phi) is 10.4. The first-order chi connectivity index (χ1) is 19.7. The van der Waals surface area contributed by atoms with E-state index in [0.717, 1.165) is 42.7 Å². The lowest BCUT2D eigenvalue weighted by atomic mass is 9.89. The summed E-state index contributed by atoms with van der Waals surface area (Å²) in [5, 5.41) is 7.13. The van der Waals surface area contributed by atoms with Crippen molar-refractivity contribution in [3.05, 3.63) is 87.3 Å². The van der Waals surface area contributed by atoms with Gasteiger partial charge in [0, 0.05) is 35.8 Å². The molecule has 0 spiro atoms. The minimum absolute atomic E-state index is 0.0203. The van der Waals surface area contributed by atoms with E-state index in [2.05, 4.69) is 39.3 Å². The molecule has 0 radical (unpaired) electrons. The first kappa shape index (κ1) is 30.5. The maximum atomic E-state index is 13.3. The van der Waals surface area contributed by atoms with Gasteiger partial charge in [-0.25, -0.2) is 9.97 Å². The number of halogens is 2. The van der Waals surface area contributed by atoms with E-state index in [1.165, 1.54) is 30.0 Å². The molecule has 1 aromatic heterocycles. The third-order valence-electron chi connectivity index (χ3n) is 7.45. The SMILES string of the molecule is C=CC(=O)Nc1cc(C2CCNCC2)ccc1Cc1cc(N(C)C(=O)Cc2c(Cl)c(CC)cc(OC)c2Cl)ncn1. The average Bonchev–Trinajstić information content (AvgIpc) is 3.00. The number of rotatable bonds is 10. The maximum Gasteiger partial charge on any atom is 0.247 e. The van der Waals surface area contributed by atoms with Crippen LogP contribution in [0.15, 0.2) is 49.3 Å². The van der Waals surface area contributed by atoms with E-state index in [1.807, 2.05) is 13.0 Å². The van der Waals surface area contributed by atoms with Crippen LogP contribution in [0.4, 0.5) is 11.5 Å². The molecule has 2 heterocycles. The second-order valence-electron chi connectivity index (χ2n) is 10.0. The lowest BCUT2D eigenvalue weighted by Crippen LogP contribution is -2.29. The molecule has 2 amide bonds. The maximum absolute atomic E-state index is 13.3. The molecule has 1 aliphatic rings. The zero-order valence-corrected chi connectivity index (χ0v) is 25.1. The second-order valence-corrected chi connectivity index (χ2v) is 10.8. The topological polar surface area (TPSA) is 96.5 Å². The zero-order valence-electron chi connectivity index (χ0n) is 23.6. The van der Waals surface area contributed by atoms with E-state index < -0.39 is 0 Å². The van der Waals surface area contributed by atoms with Crippen molar-refractivity contribution in [2.24, 2.45) is 0 Å². The van der Waals surface area contributed by atoms with E-state index in [9.17, 15) is 9.59 Å². The van der Waals surface area contributed by atoms with E-state index in [4.69, 9.17) is 27.9 Å². The molecule has 1 aliphatic heterocycles. The predicted octanol–water partition coefficient (Wildman–Crippen LogP) is 5.74. The third kappa shape index (κ3) is 7.25. The fourth-order valence-corrected chi connectivity index (χ4v) is 5.69. The lowest BCUT2D eigenvalue weighted by molar-refractivity contribution is -0.117. The molecule has 0 bridgehead atoms. The number of carbonyl (C=O) groups excluding carboxylic acids is 2. The monoisotopic (exact) mass is 595 g/mol. The van der Waals surface area contributed by atoms with Crippen LogP contribution >= 0.6 is 23.2 Å². The molecule has 0 saturated carbocycles. The number of piperidine rings is 1. The minimum Gasteiger partial charge on any atom is -0.495 e. The highest BCUT2D eigenvalue weighted by Gasteiger charge is 2.22. The first-order valence-electron chi connectivity index (χ1n) is 13.6. The normalized spacial score (nSPS) is 13.5. The Morgan fingerprint density at radius 3 is 2.59 bits per heavy atom. The molecule has 0 unspecified atom stereocenters. The molecule has 3 aromatic rings. The molecule has 216 valence electrons. The Balaban J connectivity index is 1.56. The van der Waals surface area contributed by atoms with Crippen LogP contribution in [-0.2, 0) is 28.9 Å². The number of ether oxygens (including phenoxy) is 1. The second kappa shape index (κ2) is 13.9. The van der Waals surface area contributed by atoms with Crippen molar-refractivity contribution in [2.45, 2.75) is 44.9 Å². The lowest BCUT2D eigenvalue weighted by Gasteiger charge is -2.24. The summed E-state index contributed by atoms with van der Waals surface area (Å²) in [5.74, 6) is 0.847. The van der Waals surface area contributed by atoms with Gasteiger partial charge in [0.05, 0.1) is 24.2 Å². The van der Waals surface area contributed by atoms with Crippen LogP contribution < -0.4 is 20.3 Å². The number of nitrogens with one attached hydrogen (secondary N) is 2. The van der Waals surface area contributed by atoms with Gasteiger partial charge in [0.25, 0.3) is 0 Å². The standard InChI is InChI=1S/C31H35Cl2N5O3/c1-5-19-15-26(41-4)31(33)24(30(19)32)17-29(40)38(3)27-16-23(35-18-36-27)13-22-8-7-21(20-9-11-34-12-10-20)14-25(22)37-28(39)6-2/h6-8,14-16,18,20,34H,2,5,9-13,17H2,1,3-4H3,(H,37,39). The summed E-state index contributed by atoms with van der Waals surface area (Å²) in [6, 6.07) is 9.77. The van der Waals surface area contributed by atoms with Crippen molar-refractivity contribution in [3.63, 3.8) is 0 Å². The Morgan fingerprint density at radius 1 is 1.15 bits per heavy atom. The van der Waals surface area contributed by atoms with Crippen molar-refractivity contribution >= 4 is 46.5 Å². The Labute approximate surface area is 251 Å². The van der Waals surface area contributed by atoms with Crippen molar-refractivity contribution in [1.29, 1.82) is 0 Å². The van der Waals surface area contributed by atoms with Gasteiger partial charge in [0.1, 0.15) is 17.9 Å². The Bertz CT molecular complexity index is 1410. The van der Waals surface area contributed by atoms with Gasteiger partial charge in [-0.15, -0.1) is 0 Å². The highest BCUT2D eigenvalue weighted by atomic mass is 35.5. The molecule has 1 fully saturated rings. The molecule has 0 aliphatic carbocycles. The van der Waals surface area contributed by atoms with Gasteiger partial charge in [-0.05, 0) is 73.2 Å². The average molecular weight is 597 g/mol. The quantitative estimate of drug-likeness (QED) is 0.290. The molecule has 10 heteroatoms. The Hall–Kier alpha value is -3.46. The third-order valence-corrected chi connectivity index (χ3v) is 8.33. The molecule has 8 nitrogen and oxygen atoms in total. The number of methoxy groups -OCH3 is 1. The predicted molar refractivity (Wildman–Crippen MR) is 164 cm³/mol. The zero-order chi connectivity index (χ0) is 29.5. The van der Waals surface area contributed by atoms with E-state index >= 15 is 0 Å². The van der Waals surface area contributed by atoms with Gasteiger partial charge >= 0.3 is 0 Å². The van der Waals surface area contributed by atoms with Crippen molar-refractivity contribution < 1.29 is 14.3 Å².